The predicted octanol–water partition coefficient (Wildman–Crippen LogP) is 6.23. The highest BCUT2D eigenvalue weighted by atomic mass is 32.1. The molecule has 8 N–H and O–H groups in total. The van der Waals surface area contributed by atoms with E-state index in [1.165, 1.54) is 43.2 Å². The molecule has 58 heavy (non-hydrogen) atoms. The summed E-state index contributed by atoms with van der Waals surface area (Å²) in [5, 5.41) is 46.1. The minimum absolute atomic E-state index is 0.0199. The van der Waals surface area contributed by atoms with Crippen molar-refractivity contribution < 1.29 is 38.9 Å². The van der Waals surface area contributed by atoms with Crippen molar-refractivity contribution in [2.24, 2.45) is 5.41 Å². The Bertz CT molecular complexity index is 2190. The molecule has 0 aromatic heterocycles. The topological polar surface area (TPSA) is 219 Å². The molecular formula is C43H53N5O9S. The van der Waals surface area contributed by atoms with E-state index >= 15 is 0 Å². The fraction of sp³-hybridized carbons (Fsp3) is 0.442. The summed E-state index contributed by atoms with van der Waals surface area (Å²) in [6.45, 7) is 8.85. The van der Waals surface area contributed by atoms with Gasteiger partial charge in [0, 0.05) is 71.8 Å². The smallest absolute Gasteiger partial charge is 0.336 e. The summed E-state index contributed by atoms with van der Waals surface area (Å²) in [6, 6.07) is 12.9. The molecule has 0 spiro atoms. The van der Waals surface area contributed by atoms with Crippen molar-refractivity contribution in [2.45, 2.75) is 103 Å². The maximum atomic E-state index is 13.0. The van der Waals surface area contributed by atoms with E-state index in [0.29, 0.717) is 59.7 Å². The van der Waals surface area contributed by atoms with Crippen LogP contribution in [0.2, 0.25) is 0 Å². The summed E-state index contributed by atoms with van der Waals surface area (Å²) < 4.78 is 5.92. The van der Waals surface area contributed by atoms with E-state index in [4.69, 9.17) is 16.6 Å². The molecule has 0 saturated heterocycles. The lowest BCUT2D eigenvalue weighted by Crippen LogP contribution is -2.46. The maximum Gasteiger partial charge on any atom is 0.336 e. The van der Waals surface area contributed by atoms with Gasteiger partial charge in [0.2, 0.25) is 11.8 Å². The number of fused-ring (bicyclic) bond motifs is 2. The summed E-state index contributed by atoms with van der Waals surface area (Å²) in [5.41, 5.74) is 0.736. The summed E-state index contributed by atoms with van der Waals surface area (Å²) in [4.78, 5) is 62.1. The lowest BCUT2D eigenvalue weighted by Gasteiger charge is -2.33. The molecule has 1 fully saturated rings. The number of carbonyl (C=O) groups is 4. The van der Waals surface area contributed by atoms with Crippen LogP contribution in [0.25, 0.3) is 33.4 Å². The molecule has 2 aromatic rings. The Hall–Kier alpha value is -5.54. The van der Waals surface area contributed by atoms with Gasteiger partial charge < -0.3 is 46.3 Å². The summed E-state index contributed by atoms with van der Waals surface area (Å²) in [7, 11) is 0. The average molecular weight is 816 g/mol. The van der Waals surface area contributed by atoms with E-state index in [1.807, 2.05) is 27.7 Å². The van der Waals surface area contributed by atoms with Gasteiger partial charge in [-0.1, -0.05) is 32.8 Å². The second-order valence-corrected chi connectivity index (χ2v) is 16.9. The molecule has 2 aliphatic carbocycles. The highest BCUT2D eigenvalue weighted by Gasteiger charge is 2.30. The van der Waals surface area contributed by atoms with Crippen molar-refractivity contribution in [2.75, 3.05) is 18.4 Å². The van der Waals surface area contributed by atoms with E-state index in [0.717, 1.165) is 12.8 Å². The third-order valence-electron chi connectivity index (χ3n) is 10.5. The van der Waals surface area contributed by atoms with Gasteiger partial charge in [-0.05, 0) is 106 Å². The Morgan fingerprint density at radius 3 is 2.33 bits per heavy atom. The van der Waals surface area contributed by atoms with Crippen LogP contribution >= 0.6 is 12.2 Å². The third kappa shape index (κ3) is 12.0. The van der Waals surface area contributed by atoms with E-state index in [1.54, 1.807) is 24.3 Å². The molecule has 14 nitrogen and oxygen atoms in total. The molecule has 1 atom stereocenters. The molecule has 3 aliphatic rings. The highest BCUT2D eigenvalue weighted by Crippen LogP contribution is 2.42. The molecule has 1 heterocycles. The normalized spacial score (nSPS) is 13.9. The van der Waals surface area contributed by atoms with Crippen LogP contribution in [0, 0.1) is 5.41 Å². The zero-order valence-corrected chi connectivity index (χ0v) is 34.1. The van der Waals surface area contributed by atoms with E-state index in [2.05, 4.69) is 26.6 Å². The number of benzene rings is 3. The number of hydrogen-bond acceptors (Lipinski definition) is 9. The number of hydrogen-bond donors (Lipinski definition) is 8. The fourth-order valence-electron chi connectivity index (χ4n) is 7.35. The SMILES string of the molecule is CC(C)(CCC(C)(C)NC(=S)Nc1ccc(-c2c3ccc(=O)cc-3oc3cc(O)ccc23)c(C(=O)O)c1)CC(=O)N[C@@H](CCC(=O)NCCNC1CCCC1)C(=O)O. The number of aromatic carboxylic acids is 1. The Morgan fingerprint density at radius 2 is 1.62 bits per heavy atom. The van der Waals surface area contributed by atoms with Crippen LogP contribution in [0.3, 0.4) is 0 Å². The van der Waals surface area contributed by atoms with Gasteiger partial charge in [-0.2, -0.15) is 0 Å². The maximum absolute atomic E-state index is 13.0. The zero-order chi connectivity index (χ0) is 42.2. The quantitative estimate of drug-likeness (QED) is 0.0318. The first-order valence-electron chi connectivity index (χ1n) is 19.6. The van der Waals surface area contributed by atoms with Crippen molar-refractivity contribution in [3.8, 4) is 28.2 Å². The summed E-state index contributed by atoms with van der Waals surface area (Å²) in [5.74, 6) is -2.87. The number of aromatic hydroxyl groups is 1. The molecule has 0 radical (unpaired) electrons. The first kappa shape index (κ1) is 43.6. The van der Waals surface area contributed by atoms with Crippen molar-refractivity contribution in [1.29, 1.82) is 0 Å². The van der Waals surface area contributed by atoms with Gasteiger partial charge in [0.05, 0.1) is 5.56 Å². The van der Waals surface area contributed by atoms with Crippen molar-refractivity contribution >= 4 is 57.7 Å². The molecule has 310 valence electrons. The number of anilines is 1. The molecule has 5 rings (SSSR count). The second-order valence-electron chi connectivity index (χ2n) is 16.5. The van der Waals surface area contributed by atoms with Gasteiger partial charge in [-0.15, -0.1) is 0 Å². The minimum atomic E-state index is -1.20. The zero-order valence-electron chi connectivity index (χ0n) is 33.3. The van der Waals surface area contributed by atoms with Crippen LogP contribution in [0.4, 0.5) is 5.69 Å². The molecule has 15 heteroatoms. The van der Waals surface area contributed by atoms with Crippen LogP contribution < -0.4 is 32.0 Å². The summed E-state index contributed by atoms with van der Waals surface area (Å²) >= 11 is 5.63. The van der Waals surface area contributed by atoms with Crippen LogP contribution in [0.5, 0.6) is 5.75 Å². The first-order valence-corrected chi connectivity index (χ1v) is 20.0. The molecule has 1 saturated carbocycles. The lowest BCUT2D eigenvalue weighted by atomic mass is 9.80. The van der Waals surface area contributed by atoms with Gasteiger partial charge in [0.1, 0.15) is 23.1 Å². The van der Waals surface area contributed by atoms with E-state index in [9.17, 15) is 39.3 Å². The number of aliphatic carboxylic acids is 1. The standard InChI is InChI=1S/C43H53N5O9S/c1-42(2,24-37(52)47-33(40(55)56)15-16-36(51)45-20-19-44-25-7-5-6-8-25)17-18-43(3,4)48-41(58)46-26-9-12-29(32(21-26)39(53)54)38-30-13-10-27(49)22-34(30)57-35-23-28(50)11-14-31(35)38/h9-14,21-23,25,33,44,49H,5-8,15-20,24H2,1-4H3,(H,45,51)(H,47,52)(H,53,54)(H,55,56)(H2,46,48,58)/t33-/m0/s1. The number of phenols is 1. The van der Waals surface area contributed by atoms with Gasteiger partial charge >= 0.3 is 11.9 Å². The average Bonchev–Trinajstić information content (AvgIpc) is 3.66. The Balaban J connectivity index is 1.15. The molecule has 2 aromatic carbocycles. The van der Waals surface area contributed by atoms with Crippen molar-refractivity contribution in [1.82, 2.24) is 21.3 Å². The molecule has 2 amide bonds. The molecule has 1 aliphatic heterocycles. The number of nitrogens with one attached hydrogen (secondary N) is 5. The van der Waals surface area contributed by atoms with Crippen LogP contribution in [0.1, 0.15) is 95.8 Å². The number of carboxylic acid groups (broad SMARTS) is 2. The van der Waals surface area contributed by atoms with Gasteiger partial charge in [-0.25, -0.2) is 9.59 Å². The van der Waals surface area contributed by atoms with Crippen molar-refractivity contribution in [3.05, 3.63) is 70.4 Å². The Kier molecular flexibility index (Phi) is 14.1. The lowest BCUT2D eigenvalue weighted by molar-refractivity contribution is -0.142. The third-order valence-corrected chi connectivity index (χ3v) is 10.7. The van der Waals surface area contributed by atoms with E-state index in [-0.39, 0.29) is 58.4 Å². The second kappa shape index (κ2) is 18.8. The summed E-state index contributed by atoms with van der Waals surface area (Å²) in [6.07, 6.45) is 5.91. The Labute approximate surface area is 342 Å². The van der Waals surface area contributed by atoms with Gasteiger partial charge in [0.15, 0.2) is 10.5 Å². The largest absolute Gasteiger partial charge is 0.508 e. The number of amides is 2. The molecule has 0 unspecified atom stereocenters. The minimum Gasteiger partial charge on any atom is -0.508 e. The van der Waals surface area contributed by atoms with Crippen LogP contribution in [-0.2, 0) is 14.4 Å². The number of rotatable bonds is 18. The molecular weight excluding hydrogens is 763 g/mol. The van der Waals surface area contributed by atoms with Crippen LogP contribution in [0.15, 0.2) is 63.8 Å². The monoisotopic (exact) mass is 815 g/mol. The van der Waals surface area contributed by atoms with Gasteiger partial charge in [0.25, 0.3) is 0 Å². The number of phenolic OH excluding ortho intramolecular Hbond substituents is 1. The highest BCUT2D eigenvalue weighted by molar-refractivity contribution is 7.80. The van der Waals surface area contributed by atoms with Crippen molar-refractivity contribution in [3.63, 3.8) is 0 Å². The number of thiocarbonyl (C=S) groups is 1. The van der Waals surface area contributed by atoms with E-state index < -0.39 is 34.8 Å². The fourth-order valence-corrected chi connectivity index (χ4v) is 7.74. The molecule has 0 bridgehead atoms. The van der Waals surface area contributed by atoms with Gasteiger partial charge in [-0.3, -0.25) is 14.4 Å². The Morgan fingerprint density at radius 1 is 0.897 bits per heavy atom. The number of carbonyl (C=O) groups excluding carboxylic acids is 2. The number of carboxylic acids is 2. The van der Waals surface area contributed by atoms with Crippen LogP contribution in [-0.4, -0.2) is 74.9 Å². The predicted molar refractivity (Wildman–Crippen MR) is 226 cm³/mol. The first-order chi connectivity index (χ1) is 27.4.